The van der Waals surface area contributed by atoms with Crippen LogP contribution in [0.1, 0.15) is 52.5 Å². The van der Waals surface area contributed by atoms with Gasteiger partial charge in [0.15, 0.2) is 0 Å². The fourth-order valence-corrected chi connectivity index (χ4v) is 5.34. The molecule has 3 aromatic carbocycles. The van der Waals surface area contributed by atoms with E-state index in [-0.39, 0.29) is 39.0 Å². The van der Waals surface area contributed by atoms with E-state index in [4.69, 9.17) is 17.3 Å². The lowest BCUT2D eigenvalue weighted by Gasteiger charge is -2.16. The van der Waals surface area contributed by atoms with Crippen LogP contribution in [-0.2, 0) is 0 Å². The molecule has 0 aliphatic carbocycles. The predicted octanol–water partition coefficient (Wildman–Crippen LogP) is 6.35. The molecule has 2 aromatic heterocycles. The summed E-state index contributed by atoms with van der Waals surface area (Å²) in [6.07, 6.45) is 1.29. The Morgan fingerprint density at radius 2 is 1.88 bits per heavy atom. The van der Waals surface area contributed by atoms with Crippen LogP contribution < -0.4 is 17.0 Å². The normalized spacial score (nSPS) is 11.4. The average molecular weight is 557 g/mol. The first-order valence-electron chi connectivity index (χ1n) is 12.5. The number of nitrogens with one attached hydrogen (secondary N) is 2. The zero-order chi connectivity index (χ0) is 29.0. The fraction of sp³-hybridized carbons (Fsp3) is 0.129. The lowest BCUT2D eigenvalue weighted by atomic mass is 9.92. The monoisotopic (exact) mass is 556 g/mol. The second-order valence-corrected chi connectivity index (χ2v) is 10.4. The highest BCUT2D eigenvalue weighted by Gasteiger charge is 2.24. The minimum atomic E-state index is -0.771. The highest BCUT2D eigenvalue weighted by Crippen LogP contribution is 2.41. The number of amides is 1. The molecule has 4 N–H and O–H groups in total. The highest BCUT2D eigenvalue weighted by atomic mass is 35.5. The summed E-state index contributed by atoms with van der Waals surface area (Å²) in [5.74, 6) is -1.19. The van der Waals surface area contributed by atoms with E-state index in [1.54, 1.807) is 25.1 Å². The summed E-state index contributed by atoms with van der Waals surface area (Å²) in [5.41, 5.74) is 7.95. The Bertz CT molecular complexity index is 2030. The molecule has 0 aliphatic rings. The molecule has 0 fully saturated rings. The van der Waals surface area contributed by atoms with Crippen LogP contribution in [0, 0.1) is 12.7 Å². The molecule has 0 unspecified atom stereocenters. The molecule has 2 heterocycles. The number of carbonyl (C=O) groups excluding carboxylic acids is 1. The van der Waals surface area contributed by atoms with Gasteiger partial charge in [0, 0.05) is 21.9 Å². The summed E-state index contributed by atoms with van der Waals surface area (Å²) in [5, 5.41) is 1.16. The predicted molar refractivity (Wildman–Crippen MR) is 160 cm³/mol. The van der Waals surface area contributed by atoms with Crippen LogP contribution in [0.3, 0.4) is 0 Å². The third-order valence-electron chi connectivity index (χ3n) is 7.21. The van der Waals surface area contributed by atoms with Crippen molar-refractivity contribution in [3.05, 3.63) is 110 Å². The number of nitrogens with zero attached hydrogens (tertiary/aromatic N) is 1. The van der Waals surface area contributed by atoms with Crippen molar-refractivity contribution >= 4 is 50.4 Å². The molecule has 5 rings (SSSR count). The molecule has 0 aliphatic heterocycles. The molecule has 0 saturated heterocycles. The number of nitrogens with two attached hydrogens (primary N) is 1. The number of hydrogen-bond acceptors (Lipinski definition) is 3. The largest absolute Gasteiger partial charge is 0.366 e. The van der Waals surface area contributed by atoms with Crippen molar-refractivity contribution in [2.24, 2.45) is 5.73 Å². The maximum Gasteiger partial charge on any atom is 0.333 e. The van der Waals surface area contributed by atoms with Gasteiger partial charge in [-0.1, -0.05) is 68.9 Å². The number of fused-ring (bicyclic) bond motifs is 3. The second-order valence-electron chi connectivity index (χ2n) is 9.90. The van der Waals surface area contributed by atoms with Gasteiger partial charge >= 0.3 is 5.69 Å². The van der Waals surface area contributed by atoms with Gasteiger partial charge in [0.25, 0.3) is 11.5 Å². The summed E-state index contributed by atoms with van der Waals surface area (Å²) in [7, 11) is 0. The van der Waals surface area contributed by atoms with Gasteiger partial charge in [0.05, 0.1) is 33.1 Å². The third-order valence-corrected chi connectivity index (χ3v) is 7.40. The first-order chi connectivity index (χ1) is 19.0. The van der Waals surface area contributed by atoms with Gasteiger partial charge in [-0.25, -0.2) is 13.8 Å². The second kappa shape index (κ2) is 9.81. The van der Waals surface area contributed by atoms with E-state index >= 15 is 4.39 Å². The minimum absolute atomic E-state index is 0.0133. The van der Waals surface area contributed by atoms with Gasteiger partial charge in [0.1, 0.15) is 5.82 Å². The fourth-order valence-electron chi connectivity index (χ4n) is 5.19. The van der Waals surface area contributed by atoms with Crippen LogP contribution in [0.5, 0.6) is 0 Å². The van der Waals surface area contributed by atoms with Crippen LogP contribution in [-0.4, -0.2) is 20.4 Å². The Kier molecular flexibility index (Phi) is 6.59. The summed E-state index contributed by atoms with van der Waals surface area (Å²) in [6.45, 7) is 13.1. The highest BCUT2D eigenvalue weighted by molar-refractivity contribution is 6.48. The molecule has 1 amide bonds. The van der Waals surface area contributed by atoms with Crippen LogP contribution in [0.2, 0.25) is 0 Å². The van der Waals surface area contributed by atoms with Crippen LogP contribution in [0.4, 0.5) is 4.39 Å². The molecule has 0 atom stereocenters. The smallest absolute Gasteiger partial charge is 0.333 e. The van der Waals surface area contributed by atoms with E-state index in [1.807, 2.05) is 18.2 Å². The molecule has 0 saturated carbocycles. The molecule has 0 radical (unpaired) electrons. The zero-order valence-corrected chi connectivity index (χ0v) is 22.9. The molecule has 9 heteroatoms. The molecule has 40 heavy (non-hydrogen) atoms. The van der Waals surface area contributed by atoms with Crippen molar-refractivity contribution in [1.82, 2.24) is 14.5 Å². The molecule has 202 valence electrons. The van der Waals surface area contributed by atoms with Crippen molar-refractivity contribution in [3.8, 4) is 16.8 Å². The summed E-state index contributed by atoms with van der Waals surface area (Å²) >= 11 is 6.00. The zero-order valence-electron chi connectivity index (χ0n) is 22.1. The standard InChI is InChI=1S/C31H26ClFN4O3/c1-6-18-27(16(5)32)36-31(40)37(30(18)39)24-9-7-8-19(15(24)4)25-22(33)13-21(29(34)38)28-26(25)20-11-10-17(14(2)3)12-23(20)35-28/h6-14,35H,1,5H2,2-4H3,(H2,34,38)(H,36,40). The van der Waals surface area contributed by atoms with Crippen LogP contribution in [0.25, 0.3) is 49.7 Å². The minimum Gasteiger partial charge on any atom is -0.366 e. The Hall–Kier alpha value is -4.69. The van der Waals surface area contributed by atoms with Gasteiger partial charge < -0.3 is 15.7 Å². The maximum absolute atomic E-state index is 16.0. The maximum atomic E-state index is 16.0. The van der Waals surface area contributed by atoms with Crippen LogP contribution in [0.15, 0.2) is 65.2 Å². The van der Waals surface area contributed by atoms with Crippen molar-refractivity contribution in [3.63, 3.8) is 0 Å². The van der Waals surface area contributed by atoms with E-state index in [9.17, 15) is 14.4 Å². The number of halogens is 2. The summed E-state index contributed by atoms with van der Waals surface area (Å²) < 4.78 is 16.9. The van der Waals surface area contributed by atoms with Crippen LogP contribution >= 0.6 is 11.6 Å². The van der Waals surface area contributed by atoms with Crippen molar-refractivity contribution in [2.75, 3.05) is 0 Å². The Morgan fingerprint density at radius 3 is 2.50 bits per heavy atom. The van der Waals surface area contributed by atoms with E-state index in [1.165, 1.54) is 6.08 Å². The molecule has 5 aromatic rings. The van der Waals surface area contributed by atoms with Gasteiger partial charge in [-0.15, -0.1) is 0 Å². The SMILES string of the molecule is C=Cc1c(C(=C)Cl)[nH]c(=O)n(-c2cccc(-c3c(F)cc(C(N)=O)c4[nH]c5cc(C(C)C)ccc5c34)c2C)c1=O. The summed E-state index contributed by atoms with van der Waals surface area (Å²) in [6, 6.07) is 11.9. The Morgan fingerprint density at radius 1 is 1.15 bits per heavy atom. The molecule has 0 spiro atoms. The average Bonchev–Trinajstić information content (AvgIpc) is 3.27. The van der Waals surface area contributed by atoms with E-state index in [2.05, 4.69) is 37.0 Å². The number of carbonyl (C=O) groups is 1. The number of aromatic amines is 2. The van der Waals surface area contributed by atoms with E-state index < -0.39 is 23.0 Å². The molecule has 7 nitrogen and oxygen atoms in total. The van der Waals surface area contributed by atoms with E-state index in [0.717, 1.165) is 21.7 Å². The van der Waals surface area contributed by atoms with Crippen molar-refractivity contribution in [1.29, 1.82) is 0 Å². The number of benzene rings is 3. The number of rotatable bonds is 6. The number of aromatic nitrogens is 3. The molecule has 0 bridgehead atoms. The van der Waals surface area contributed by atoms with Crippen molar-refractivity contribution in [2.45, 2.75) is 26.7 Å². The first kappa shape index (κ1) is 26.9. The van der Waals surface area contributed by atoms with Gasteiger partial charge in [0.2, 0.25) is 0 Å². The lowest BCUT2D eigenvalue weighted by Crippen LogP contribution is -2.36. The van der Waals surface area contributed by atoms with E-state index in [0.29, 0.717) is 27.4 Å². The van der Waals surface area contributed by atoms with Gasteiger partial charge in [-0.05, 0) is 47.7 Å². The number of hydrogen-bond donors (Lipinski definition) is 3. The summed E-state index contributed by atoms with van der Waals surface area (Å²) in [4.78, 5) is 44.7. The van der Waals surface area contributed by atoms with Gasteiger partial charge in [-0.2, -0.15) is 0 Å². The molecular weight excluding hydrogens is 531 g/mol. The Balaban J connectivity index is 1.88. The quantitative estimate of drug-likeness (QED) is 0.226. The lowest BCUT2D eigenvalue weighted by molar-refractivity contribution is 0.100. The molecular formula is C31H26ClFN4O3. The third kappa shape index (κ3) is 4.08. The number of primary amides is 1. The first-order valence-corrected chi connectivity index (χ1v) is 12.9. The van der Waals surface area contributed by atoms with Crippen molar-refractivity contribution < 1.29 is 9.18 Å². The number of H-pyrrole nitrogens is 2. The Labute approximate surface area is 233 Å². The topological polar surface area (TPSA) is 114 Å². The van der Waals surface area contributed by atoms with Gasteiger partial charge in [-0.3, -0.25) is 9.59 Å².